The Hall–Kier alpha value is -0.330. The van der Waals surface area contributed by atoms with Crippen LogP contribution in [-0.4, -0.2) is 38.4 Å². The molecule has 1 amide bonds. The topological polar surface area (TPSA) is 89.3 Å². The van der Waals surface area contributed by atoms with Crippen molar-refractivity contribution in [3.8, 4) is 0 Å². The van der Waals surface area contributed by atoms with Crippen LogP contribution in [0.5, 0.6) is 0 Å². The van der Waals surface area contributed by atoms with Gasteiger partial charge >= 0.3 is 0 Å². The lowest BCUT2D eigenvalue weighted by Gasteiger charge is -2.10. The molecule has 0 unspecified atom stereocenters. The number of sulfone groups is 1. The summed E-state index contributed by atoms with van der Waals surface area (Å²) in [6, 6.07) is 0. The van der Waals surface area contributed by atoms with Crippen LogP contribution >= 0.6 is 12.4 Å². The van der Waals surface area contributed by atoms with Crippen molar-refractivity contribution in [1.29, 1.82) is 0 Å². The summed E-state index contributed by atoms with van der Waals surface area (Å²) in [5.74, 6) is -0.263. The van der Waals surface area contributed by atoms with Gasteiger partial charge in [-0.15, -0.1) is 12.4 Å². The highest BCUT2D eigenvalue weighted by atomic mass is 35.5. The van der Waals surface area contributed by atoms with Crippen molar-refractivity contribution in [2.24, 2.45) is 5.73 Å². The van der Waals surface area contributed by atoms with Crippen LogP contribution in [0.1, 0.15) is 32.1 Å². The number of hydrogen-bond donors (Lipinski definition) is 2. The number of carbonyl (C=O) groups excluding carboxylic acids is 1. The second-order valence-corrected chi connectivity index (χ2v) is 6.56. The third kappa shape index (κ3) is 5.70. The third-order valence-corrected chi connectivity index (χ3v) is 5.15. The summed E-state index contributed by atoms with van der Waals surface area (Å²) in [5.41, 5.74) is 5.23. The van der Waals surface area contributed by atoms with Gasteiger partial charge in [0.25, 0.3) is 0 Å². The van der Waals surface area contributed by atoms with E-state index in [0.29, 0.717) is 13.1 Å². The highest BCUT2D eigenvalue weighted by Gasteiger charge is 2.28. The Labute approximate surface area is 109 Å². The fourth-order valence-corrected chi connectivity index (χ4v) is 3.80. The van der Waals surface area contributed by atoms with E-state index in [9.17, 15) is 13.2 Å². The molecule has 1 rings (SSSR count). The van der Waals surface area contributed by atoms with E-state index in [1.807, 2.05) is 0 Å². The number of rotatable bonds is 6. The second kappa shape index (κ2) is 7.89. The van der Waals surface area contributed by atoms with Crippen molar-refractivity contribution < 1.29 is 13.2 Å². The van der Waals surface area contributed by atoms with Crippen LogP contribution in [0, 0.1) is 0 Å². The van der Waals surface area contributed by atoms with Crippen molar-refractivity contribution in [2.45, 2.75) is 37.4 Å². The van der Waals surface area contributed by atoms with Crippen molar-refractivity contribution in [3.05, 3.63) is 0 Å². The van der Waals surface area contributed by atoms with E-state index in [1.165, 1.54) is 0 Å². The van der Waals surface area contributed by atoms with Crippen LogP contribution in [0.3, 0.4) is 0 Å². The van der Waals surface area contributed by atoms with E-state index in [0.717, 1.165) is 25.7 Å². The summed E-state index contributed by atoms with van der Waals surface area (Å²) in [5, 5.41) is 2.35. The maximum atomic E-state index is 11.8. The fraction of sp³-hybridized carbons (Fsp3) is 0.900. The van der Waals surface area contributed by atoms with E-state index in [4.69, 9.17) is 5.73 Å². The molecule has 17 heavy (non-hydrogen) atoms. The van der Waals surface area contributed by atoms with Gasteiger partial charge in [-0.1, -0.05) is 12.8 Å². The highest BCUT2D eigenvalue weighted by Crippen LogP contribution is 2.25. The molecule has 7 heteroatoms. The van der Waals surface area contributed by atoms with Gasteiger partial charge in [-0.05, 0) is 12.8 Å². The van der Waals surface area contributed by atoms with Crippen LogP contribution < -0.4 is 11.1 Å². The molecule has 0 radical (unpaired) electrons. The normalized spacial score (nSPS) is 16.5. The zero-order chi connectivity index (χ0) is 12.0. The third-order valence-electron chi connectivity index (χ3n) is 2.89. The van der Waals surface area contributed by atoms with Gasteiger partial charge in [-0.25, -0.2) is 8.42 Å². The minimum Gasteiger partial charge on any atom is -0.355 e. The quantitative estimate of drug-likeness (QED) is 0.731. The monoisotopic (exact) mass is 284 g/mol. The summed E-state index contributed by atoms with van der Waals surface area (Å²) < 4.78 is 23.6. The molecule has 0 spiro atoms. The van der Waals surface area contributed by atoms with Gasteiger partial charge in [-0.3, -0.25) is 4.79 Å². The van der Waals surface area contributed by atoms with Crippen molar-refractivity contribution >= 4 is 28.2 Å². The van der Waals surface area contributed by atoms with Gasteiger partial charge in [0.15, 0.2) is 9.84 Å². The van der Waals surface area contributed by atoms with Gasteiger partial charge in [0, 0.05) is 19.5 Å². The number of carbonyl (C=O) groups is 1. The number of hydrogen-bond acceptors (Lipinski definition) is 4. The smallest absolute Gasteiger partial charge is 0.221 e. The molecule has 0 heterocycles. The van der Waals surface area contributed by atoms with E-state index in [2.05, 4.69) is 5.32 Å². The molecule has 0 bridgehead atoms. The van der Waals surface area contributed by atoms with Gasteiger partial charge in [0.2, 0.25) is 5.91 Å². The van der Waals surface area contributed by atoms with Gasteiger partial charge in [-0.2, -0.15) is 0 Å². The SMILES string of the molecule is Cl.NCCNC(=O)CCS(=O)(=O)C1CCCC1. The van der Waals surface area contributed by atoms with Gasteiger partial charge < -0.3 is 11.1 Å². The molecule has 0 aromatic carbocycles. The molecular weight excluding hydrogens is 264 g/mol. The Balaban J connectivity index is 0.00000256. The molecule has 0 atom stereocenters. The zero-order valence-electron chi connectivity index (χ0n) is 9.85. The first-order chi connectivity index (χ1) is 7.56. The number of nitrogens with one attached hydrogen (secondary N) is 1. The van der Waals surface area contributed by atoms with Crippen molar-refractivity contribution in [1.82, 2.24) is 5.32 Å². The first-order valence-corrected chi connectivity index (χ1v) is 7.46. The molecule has 0 aromatic rings. The Morgan fingerprint density at radius 2 is 1.88 bits per heavy atom. The van der Waals surface area contributed by atoms with E-state index < -0.39 is 9.84 Å². The Kier molecular flexibility index (Phi) is 7.74. The first kappa shape index (κ1) is 16.7. The predicted octanol–water partition coefficient (Wildman–Crippen LogP) is 0.231. The fourth-order valence-electron chi connectivity index (χ4n) is 1.95. The molecule has 102 valence electrons. The van der Waals surface area contributed by atoms with E-state index in [1.54, 1.807) is 0 Å². The molecule has 5 nitrogen and oxygen atoms in total. The van der Waals surface area contributed by atoms with Crippen LogP contribution in [0.15, 0.2) is 0 Å². The Morgan fingerprint density at radius 1 is 1.29 bits per heavy atom. The molecule has 1 fully saturated rings. The van der Waals surface area contributed by atoms with Crippen LogP contribution in [0.25, 0.3) is 0 Å². The highest BCUT2D eigenvalue weighted by molar-refractivity contribution is 7.92. The van der Waals surface area contributed by atoms with Crippen molar-refractivity contribution in [2.75, 3.05) is 18.8 Å². The second-order valence-electron chi connectivity index (χ2n) is 4.16. The molecule has 1 aliphatic carbocycles. The summed E-state index contributed by atoms with van der Waals surface area (Å²) >= 11 is 0. The molecule has 3 N–H and O–H groups in total. The number of halogens is 1. The predicted molar refractivity (Wildman–Crippen MR) is 70.0 cm³/mol. The largest absolute Gasteiger partial charge is 0.355 e. The number of amides is 1. The molecule has 1 saturated carbocycles. The molecular formula is C10H21ClN2O3S. The van der Waals surface area contributed by atoms with Crippen LogP contribution in [0.2, 0.25) is 0 Å². The van der Waals surface area contributed by atoms with Gasteiger partial charge in [0.1, 0.15) is 0 Å². The lowest BCUT2D eigenvalue weighted by Crippen LogP contribution is -2.31. The summed E-state index contributed by atoms with van der Waals surface area (Å²) in [7, 11) is -3.07. The van der Waals surface area contributed by atoms with Crippen molar-refractivity contribution in [3.63, 3.8) is 0 Å². The summed E-state index contributed by atoms with van der Waals surface area (Å²) in [4.78, 5) is 11.2. The maximum absolute atomic E-state index is 11.8. The zero-order valence-corrected chi connectivity index (χ0v) is 11.5. The van der Waals surface area contributed by atoms with Crippen LogP contribution in [0.4, 0.5) is 0 Å². The average Bonchev–Trinajstić information content (AvgIpc) is 2.77. The molecule has 1 aliphatic rings. The Bertz CT molecular complexity index is 326. The van der Waals surface area contributed by atoms with Gasteiger partial charge in [0.05, 0.1) is 11.0 Å². The standard InChI is InChI=1S/C10H20N2O3S.ClH/c11-6-7-12-10(13)5-8-16(14,15)9-3-1-2-4-9;/h9H,1-8,11H2,(H,12,13);1H. The first-order valence-electron chi connectivity index (χ1n) is 5.74. The Morgan fingerprint density at radius 3 is 2.41 bits per heavy atom. The minimum atomic E-state index is -3.07. The number of nitrogens with two attached hydrogens (primary N) is 1. The molecule has 0 aromatic heterocycles. The average molecular weight is 285 g/mol. The van der Waals surface area contributed by atoms with E-state index >= 15 is 0 Å². The lowest BCUT2D eigenvalue weighted by atomic mass is 10.4. The van der Waals surface area contributed by atoms with E-state index in [-0.39, 0.29) is 35.7 Å². The van der Waals surface area contributed by atoms with Crippen LogP contribution in [-0.2, 0) is 14.6 Å². The molecule has 0 aliphatic heterocycles. The molecule has 0 saturated heterocycles. The maximum Gasteiger partial charge on any atom is 0.221 e. The minimum absolute atomic E-state index is 0. The lowest BCUT2D eigenvalue weighted by molar-refractivity contribution is -0.120. The summed E-state index contributed by atoms with van der Waals surface area (Å²) in [6.07, 6.45) is 3.55. The summed E-state index contributed by atoms with van der Waals surface area (Å²) in [6.45, 7) is 0.781.